The van der Waals surface area contributed by atoms with Gasteiger partial charge in [-0.15, -0.1) is 11.3 Å². The van der Waals surface area contributed by atoms with Crippen LogP contribution in [-0.2, 0) is 0 Å². The first kappa shape index (κ1) is 14.2. The van der Waals surface area contributed by atoms with Crippen molar-refractivity contribution < 1.29 is 9.53 Å². The average Bonchev–Trinajstić information content (AvgIpc) is 2.76. The van der Waals surface area contributed by atoms with Crippen molar-refractivity contribution in [3.8, 4) is 5.75 Å². The minimum atomic E-state index is -0.00448. The van der Waals surface area contributed by atoms with Crippen molar-refractivity contribution in [3.05, 3.63) is 28.1 Å². The van der Waals surface area contributed by atoms with Crippen LogP contribution in [0.1, 0.15) is 23.5 Å². The maximum absolute atomic E-state index is 12.4. The molecule has 0 radical (unpaired) electrons. The third-order valence-electron chi connectivity index (χ3n) is 3.08. The number of fused-ring (bicyclic) bond motifs is 1. The van der Waals surface area contributed by atoms with E-state index in [1.807, 2.05) is 32.0 Å². The highest BCUT2D eigenvalue weighted by atomic mass is 35.5. The second-order valence-corrected chi connectivity index (χ2v) is 5.51. The molecule has 5 heteroatoms. The molecule has 0 aliphatic rings. The molecule has 0 saturated carbocycles. The molecule has 0 fully saturated rings. The molecule has 0 atom stereocenters. The number of carbonyl (C=O) groups is 1. The van der Waals surface area contributed by atoms with Gasteiger partial charge in [0.05, 0.1) is 12.1 Å². The summed E-state index contributed by atoms with van der Waals surface area (Å²) < 4.78 is 6.16. The zero-order valence-corrected chi connectivity index (χ0v) is 12.8. The Hall–Kier alpha value is -1.26. The number of amides is 1. The van der Waals surface area contributed by atoms with Crippen molar-refractivity contribution in [2.24, 2.45) is 0 Å². The number of halogens is 1. The molecule has 1 heterocycles. The van der Waals surface area contributed by atoms with Crippen molar-refractivity contribution in [2.45, 2.75) is 13.8 Å². The number of benzene rings is 1. The summed E-state index contributed by atoms with van der Waals surface area (Å²) in [6.07, 6.45) is 0. The lowest BCUT2D eigenvalue weighted by atomic mass is 10.2. The van der Waals surface area contributed by atoms with Gasteiger partial charge in [0.2, 0.25) is 0 Å². The number of hydrogen-bond donors (Lipinski definition) is 0. The number of thiophene rings is 1. The Kier molecular flexibility index (Phi) is 4.32. The van der Waals surface area contributed by atoms with Gasteiger partial charge in [-0.3, -0.25) is 4.79 Å². The number of hydrogen-bond acceptors (Lipinski definition) is 3. The molecule has 0 bridgehead atoms. The predicted octanol–water partition coefficient (Wildman–Crippen LogP) is 4.05. The van der Waals surface area contributed by atoms with E-state index in [1.54, 1.807) is 12.0 Å². The number of methoxy groups -OCH3 is 1. The summed E-state index contributed by atoms with van der Waals surface area (Å²) in [5.41, 5.74) is 0. The normalized spacial score (nSPS) is 10.7. The summed E-state index contributed by atoms with van der Waals surface area (Å²) in [5.74, 6) is 0.766. The summed E-state index contributed by atoms with van der Waals surface area (Å²) in [6, 6.07) is 5.66. The molecule has 0 unspecified atom stereocenters. The Labute approximate surface area is 121 Å². The van der Waals surface area contributed by atoms with Gasteiger partial charge >= 0.3 is 0 Å². The van der Waals surface area contributed by atoms with E-state index < -0.39 is 0 Å². The first-order valence-electron chi connectivity index (χ1n) is 6.17. The molecule has 2 aromatic rings. The van der Waals surface area contributed by atoms with Crippen molar-refractivity contribution in [1.29, 1.82) is 0 Å². The van der Waals surface area contributed by atoms with Crippen molar-refractivity contribution in [1.82, 2.24) is 4.90 Å². The third kappa shape index (κ3) is 2.55. The smallest absolute Gasteiger partial charge is 0.265 e. The molecule has 0 spiro atoms. The summed E-state index contributed by atoms with van der Waals surface area (Å²) >= 11 is 7.75. The first-order chi connectivity index (χ1) is 9.12. The second kappa shape index (κ2) is 5.80. The van der Waals surface area contributed by atoms with Crippen LogP contribution in [0.2, 0.25) is 5.02 Å². The topological polar surface area (TPSA) is 29.5 Å². The van der Waals surface area contributed by atoms with Crippen LogP contribution in [0.25, 0.3) is 10.1 Å². The number of rotatable bonds is 4. The molecule has 102 valence electrons. The van der Waals surface area contributed by atoms with Crippen molar-refractivity contribution in [2.75, 3.05) is 20.2 Å². The van der Waals surface area contributed by atoms with Gasteiger partial charge in [0.1, 0.15) is 10.6 Å². The van der Waals surface area contributed by atoms with Crippen LogP contribution in [0, 0.1) is 0 Å². The minimum absolute atomic E-state index is 0.00448. The lowest BCUT2D eigenvalue weighted by molar-refractivity contribution is 0.0778. The van der Waals surface area contributed by atoms with E-state index in [0.29, 0.717) is 23.0 Å². The highest BCUT2D eigenvalue weighted by Gasteiger charge is 2.20. The van der Waals surface area contributed by atoms with Crippen molar-refractivity contribution in [3.63, 3.8) is 0 Å². The molecule has 0 aliphatic heterocycles. The monoisotopic (exact) mass is 297 g/mol. The molecule has 0 N–H and O–H groups in total. The van der Waals surface area contributed by atoms with E-state index in [4.69, 9.17) is 16.3 Å². The summed E-state index contributed by atoms with van der Waals surface area (Å²) in [6.45, 7) is 5.30. The highest BCUT2D eigenvalue weighted by molar-refractivity contribution is 7.21. The van der Waals surface area contributed by atoms with Gasteiger partial charge in [-0.1, -0.05) is 11.6 Å². The molecule has 0 aliphatic carbocycles. The van der Waals surface area contributed by atoms with Crippen LogP contribution in [0.3, 0.4) is 0 Å². The maximum Gasteiger partial charge on any atom is 0.265 e. The van der Waals surface area contributed by atoms with Crippen molar-refractivity contribution >= 4 is 38.9 Å². The zero-order chi connectivity index (χ0) is 14.0. The van der Waals surface area contributed by atoms with Crippen LogP contribution in [0.4, 0.5) is 0 Å². The van der Waals surface area contributed by atoms with E-state index in [2.05, 4.69) is 0 Å². The molecule has 2 rings (SSSR count). The van der Waals surface area contributed by atoms with Crippen LogP contribution in [0.15, 0.2) is 18.2 Å². The van der Waals surface area contributed by atoms with Crippen LogP contribution >= 0.6 is 22.9 Å². The summed E-state index contributed by atoms with van der Waals surface area (Å²) in [7, 11) is 1.62. The molecule has 1 amide bonds. The molecule has 1 aromatic carbocycles. The average molecular weight is 298 g/mol. The lowest BCUT2D eigenvalue weighted by Gasteiger charge is -2.17. The van der Waals surface area contributed by atoms with Gasteiger partial charge in [-0.05, 0) is 32.0 Å². The maximum atomic E-state index is 12.4. The fourth-order valence-electron chi connectivity index (χ4n) is 1.96. The number of nitrogens with zero attached hydrogens (tertiary/aromatic N) is 1. The zero-order valence-electron chi connectivity index (χ0n) is 11.2. The molecular formula is C14H16ClNO2S. The fourth-order valence-corrected chi connectivity index (χ4v) is 3.47. The van der Waals surface area contributed by atoms with Gasteiger partial charge < -0.3 is 9.64 Å². The minimum Gasteiger partial charge on any atom is -0.497 e. The first-order valence-corrected chi connectivity index (χ1v) is 7.37. The molecular weight excluding hydrogens is 282 g/mol. The quantitative estimate of drug-likeness (QED) is 0.852. The van der Waals surface area contributed by atoms with Crippen LogP contribution in [-0.4, -0.2) is 31.0 Å². The number of carbonyl (C=O) groups excluding carboxylic acids is 1. The van der Waals surface area contributed by atoms with E-state index >= 15 is 0 Å². The summed E-state index contributed by atoms with van der Waals surface area (Å²) in [5, 5.41) is 1.45. The predicted molar refractivity (Wildman–Crippen MR) is 80.6 cm³/mol. The molecule has 3 nitrogen and oxygen atoms in total. The Balaban J connectivity index is 2.50. The molecule has 1 aromatic heterocycles. The van der Waals surface area contributed by atoms with Gasteiger partial charge in [-0.2, -0.15) is 0 Å². The Bertz CT molecular complexity index is 605. The second-order valence-electron chi connectivity index (χ2n) is 4.08. The Morgan fingerprint density at radius 3 is 2.63 bits per heavy atom. The van der Waals surface area contributed by atoms with Gasteiger partial charge in [0.25, 0.3) is 5.91 Å². The van der Waals surface area contributed by atoms with Crippen LogP contribution < -0.4 is 4.74 Å². The van der Waals surface area contributed by atoms with Crippen LogP contribution in [0.5, 0.6) is 5.75 Å². The fraction of sp³-hybridized carbons (Fsp3) is 0.357. The standard InChI is InChI=1S/C14H16ClNO2S/c1-4-16(5-2)14(17)13-12(15)10-7-6-9(18-3)8-11(10)19-13/h6-8H,4-5H2,1-3H3. The van der Waals surface area contributed by atoms with E-state index in [1.165, 1.54) is 11.3 Å². The third-order valence-corrected chi connectivity index (χ3v) is 4.73. The van der Waals surface area contributed by atoms with E-state index in [0.717, 1.165) is 15.8 Å². The Morgan fingerprint density at radius 2 is 2.05 bits per heavy atom. The van der Waals surface area contributed by atoms with E-state index in [9.17, 15) is 4.79 Å². The largest absolute Gasteiger partial charge is 0.497 e. The highest BCUT2D eigenvalue weighted by Crippen LogP contribution is 2.37. The van der Waals surface area contributed by atoms with E-state index in [-0.39, 0.29) is 5.91 Å². The summed E-state index contributed by atoms with van der Waals surface area (Å²) in [4.78, 5) is 14.7. The van der Waals surface area contributed by atoms with Gasteiger partial charge in [-0.25, -0.2) is 0 Å². The molecule has 19 heavy (non-hydrogen) atoms. The number of ether oxygens (including phenoxy) is 1. The molecule has 0 saturated heterocycles. The Morgan fingerprint density at radius 1 is 1.37 bits per heavy atom. The van der Waals surface area contributed by atoms with Gasteiger partial charge in [0, 0.05) is 23.2 Å². The SMILES string of the molecule is CCN(CC)C(=O)c1sc2cc(OC)ccc2c1Cl. The lowest BCUT2D eigenvalue weighted by Crippen LogP contribution is -2.29. The van der Waals surface area contributed by atoms with Gasteiger partial charge in [0.15, 0.2) is 0 Å².